The predicted molar refractivity (Wildman–Crippen MR) is 67.1 cm³/mol. The molecule has 0 spiro atoms. The fraction of sp³-hybridized carbons (Fsp3) is 0.917. The molecule has 0 bridgehead atoms. The lowest BCUT2D eigenvalue weighted by Crippen LogP contribution is -2.35. The third kappa shape index (κ3) is 5.48. The second-order valence-electron chi connectivity index (χ2n) is 4.33. The van der Waals surface area contributed by atoms with Crippen molar-refractivity contribution in [3.63, 3.8) is 0 Å². The summed E-state index contributed by atoms with van der Waals surface area (Å²) in [6.07, 6.45) is 7.68. The molecule has 4 N–H and O–H groups in total. The van der Waals surface area contributed by atoms with E-state index in [4.69, 9.17) is 9.47 Å². The molecule has 2 rings (SSSR count). The molecule has 0 aromatic heterocycles. The van der Waals surface area contributed by atoms with Crippen molar-refractivity contribution in [3.8, 4) is 0 Å². The van der Waals surface area contributed by atoms with Crippen LogP contribution in [0.15, 0.2) is 0 Å². The Bertz CT molecular complexity index is 202. The van der Waals surface area contributed by atoms with Gasteiger partial charge in [0.2, 0.25) is 5.91 Å². The topological polar surface area (TPSA) is 82.6 Å². The number of carbonyl (C=O) groups is 1. The molecule has 2 aliphatic rings. The Labute approximate surface area is 104 Å². The number of hydrogen-bond donors (Lipinski definition) is 2. The molecule has 102 valence electrons. The minimum Gasteiger partial charge on any atom is -0.356 e. The van der Waals surface area contributed by atoms with Crippen molar-refractivity contribution in [2.75, 3.05) is 20.8 Å². The van der Waals surface area contributed by atoms with E-state index < -0.39 is 0 Å². The lowest BCUT2D eigenvalue weighted by Gasteiger charge is -2.34. The first kappa shape index (κ1) is 16.4. The molecule has 5 nitrogen and oxygen atoms in total. The highest BCUT2D eigenvalue weighted by molar-refractivity contribution is 5.77. The van der Waals surface area contributed by atoms with Crippen molar-refractivity contribution in [1.29, 1.82) is 0 Å². The first-order valence-electron chi connectivity index (χ1n) is 6.09. The van der Waals surface area contributed by atoms with Gasteiger partial charge < -0.3 is 20.9 Å². The Balaban J connectivity index is 0.000000316. The van der Waals surface area contributed by atoms with Crippen LogP contribution >= 0.6 is 0 Å². The summed E-state index contributed by atoms with van der Waals surface area (Å²) in [4.78, 5) is 10.1. The molecule has 1 aliphatic carbocycles. The first-order valence-corrected chi connectivity index (χ1v) is 6.09. The number of methoxy groups -OCH3 is 2. The quantitative estimate of drug-likeness (QED) is 0.730. The van der Waals surface area contributed by atoms with Gasteiger partial charge in [0.25, 0.3) is 0 Å². The summed E-state index contributed by atoms with van der Waals surface area (Å²) in [6, 6.07) is 0. The van der Waals surface area contributed by atoms with Crippen LogP contribution in [-0.4, -0.2) is 32.5 Å². The summed E-state index contributed by atoms with van der Waals surface area (Å²) in [5.74, 6) is -0.0341. The molecular formula is C12H26N2O3. The number of ether oxygens (including phenoxy) is 2. The molecule has 1 saturated heterocycles. The van der Waals surface area contributed by atoms with E-state index in [2.05, 4.69) is 5.32 Å². The van der Waals surface area contributed by atoms with Crippen LogP contribution in [0.2, 0.25) is 0 Å². The van der Waals surface area contributed by atoms with E-state index in [9.17, 15) is 4.79 Å². The van der Waals surface area contributed by atoms with Gasteiger partial charge in [-0.1, -0.05) is 6.42 Å². The van der Waals surface area contributed by atoms with Crippen molar-refractivity contribution >= 4 is 5.91 Å². The van der Waals surface area contributed by atoms with Crippen LogP contribution in [0.5, 0.6) is 0 Å². The smallest absolute Gasteiger partial charge is 0.220 e. The summed E-state index contributed by atoms with van der Waals surface area (Å²) >= 11 is 0. The van der Waals surface area contributed by atoms with Crippen LogP contribution in [0, 0.1) is 0 Å². The van der Waals surface area contributed by atoms with Gasteiger partial charge in [-0.3, -0.25) is 4.79 Å². The molecule has 1 amide bonds. The zero-order valence-electron chi connectivity index (χ0n) is 11.1. The molecule has 1 aliphatic heterocycles. The van der Waals surface area contributed by atoms with Gasteiger partial charge in [0.1, 0.15) is 0 Å². The highest BCUT2D eigenvalue weighted by Crippen LogP contribution is 2.31. The fourth-order valence-electron chi connectivity index (χ4n) is 2.15. The molecule has 0 radical (unpaired) electrons. The van der Waals surface area contributed by atoms with Gasteiger partial charge in [0, 0.05) is 40.0 Å². The SMILES string of the molecule is COC1(OC)CCCCC1.N.O=C1CCCN1. The van der Waals surface area contributed by atoms with Crippen LogP contribution < -0.4 is 11.5 Å². The summed E-state index contributed by atoms with van der Waals surface area (Å²) in [6.45, 7) is 0.888. The van der Waals surface area contributed by atoms with Crippen LogP contribution in [-0.2, 0) is 14.3 Å². The van der Waals surface area contributed by atoms with Crippen molar-refractivity contribution in [1.82, 2.24) is 11.5 Å². The van der Waals surface area contributed by atoms with Gasteiger partial charge in [0.15, 0.2) is 5.79 Å². The van der Waals surface area contributed by atoms with E-state index in [1.54, 1.807) is 14.2 Å². The standard InChI is InChI=1S/C8H16O2.C4H7NO.H3N/c1-9-8(10-2)6-4-3-5-7-8;6-4-2-1-3-5-4;/h3-7H2,1-2H3;1-3H2,(H,5,6);1H3. The second kappa shape index (κ2) is 8.44. The number of hydrogen-bond acceptors (Lipinski definition) is 4. The summed E-state index contributed by atoms with van der Waals surface area (Å²) in [5.41, 5.74) is 0. The summed E-state index contributed by atoms with van der Waals surface area (Å²) < 4.78 is 10.6. The van der Waals surface area contributed by atoms with Crippen LogP contribution in [0.25, 0.3) is 0 Å². The molecule has 2 fully saturated rings. The first-order chi connectivity index (χ1) is 7.72. The molecule has 0 unspecified atom stereocenters. The molecule has 1 saturated carbocycles. The zero-order valence-corrected chi connectivity index (χ0v) is 11.1. The summed E-state index contributed by atoms with van der Waals surface area (Å²) in [7, 11) is 3.46. The maximum Gasteiger partial charge on any atom is 0.220 e. The van der Waals surface area contributed by atoms with Crippen molar-refractivity contribution in [2.24, 2.45) is 0 Å². The van der Waals surface area contributed by atoms with Crippen molar-refractivity contribution in [3.05, 3.63) is 0 Å². The highest BCUT2D eigenvalue weighted by Gasteiger charge is 2.30. The molecule has 17 heavy (non-hydrogen) atoms. The minimum absolute atomic E-state index is 0. The Morgan fingerprint density at radius 3 is 1.88 bits per heavy atom. The largest absolute Gasteiger partial charge is 0.356 e. The van der Waals surface area contributed by atoms with E-state index in [1.807, 2.05) is 0 Å². The number of amides is 1. The van der Waals surface area contributed by atoms with Gasteiger partial charge in [-0.15, -0.1) is 0 Å². The van der Waals surface area contributed by atoms with Crippen molar-refractivity contribution in [2.45, 2.75) is 50.7 Å². The predicted octanol–water partition coefficient (Wildman–Crippen LogP) is 2.00. The van der Waals surface area contributed by atoms with E-state index in [1.165, 1.54) is 19.3 Å². The van der Waals surface area contributed by atoms with Gasteiger partial charge in [-0.25, -0.2) is 0 Å². The lowest BCUT2D eigenvalue weighted by molar-refractivity contribution is -0.222. The molecule has 0 aromatic carbocycles. The van der Waals surface area contributed by atoms with Gasteiger partial charge in [0.05, 0.1) is 0 Å². The third-order valence-corrected chi connectivity index (χ3v) is 3.26. The van der Waals surface area contributed by atoms with Crippen LogP contribution in [0.3, 0.4) is 0 Å². The van der Waals surface area contributed by atoms with E-state index in [0.29, 0.717) is 0 Å². The van der Waals surface area contributed by atoms with Gasteiger partial charge in [-0.2, -0.15) is 0 Å². The van der Waals surface area contributed by atoms with E-state index in [-0.39, 0.29) is 17.8 Å². The molecule has 0 atom stereocenters. The molecule has 1 heterocycles. The van der Waals surface area contributed by atoms with E-state index >= 15 is 0 Å². The number of nitrogens with one attached hydrogen (secondary N) is 1. The van der Waals surface area contributed by atoms with Gasteiger partial charge >= 0.3 is 0 Å². The normalized spacial score (nSPS) is 21.9. The maximum absolute atomic E-state index is 10.1. The Kier molecular flexibility index (Phi) is 8.12. The second-order valence-corrected chi connectivity index (χ2v) is 4.33. The average molecular weight is 246 g/mol. The fourth-order valence-corrected chi connectivity index (χ4v) is 2.15. The van der Waals surface area contributed by atoms with Crippen LogP contribution in [0.4, 0.5) is 0 Å². The Hall–Kier alpha value is -0.650. The minimum atomic E-state index is -0.238. The van der Waals surface area contributed by atoms with Crippen LogP contribution in [0.1, 0.15) is 44.9 Å². The average Bonchev–Trinajstić information content (AvgIpc) is 2.82. The third-order valence-electron chi connectivity index (χ3n) is 3.26. The van der Waals surface area contributed by atoms with E-state index in [0.717, 1.165) is 32.2 Å². The highest BCUT2D eigenvalue weighted by atomic mass is 16.7. The molecule has 0 aromatic rings. The van der Waals surface area contributed by atoms with Gasteiger partial charge in [-0.05, 0) is 19.3 Å². The van der Waals surface area contributed by atoms with Crippen molar-refractivity contribution < 1.29 is 14.3 Å². The summed E-state index contributed by atoms with van der Waals surface area (Å²) in [5, 5.41) is 2.68. The molecular weight excluding hydrogens is 220 g/mol. The number of rotatable bonds is 2. The zero-order chi connectivity index (χ0) is 11.9. The monoisotopic (exact) mass is 246 g/mol. The Morgan fingerprint density at radius 2 is 1.65 bits per heavy atom. The maximum atomic E-state index is 10.1. The lowest BCUT2D eigenvalue weighted by atomic mass is 9.94. The number of carbonyl (C=O) groups excluding carboxylic acids is 1. The Morgan fingerprint density at radius 1 is 1.06 bits per heavy atom. The molecule has 5 heteroatoms.